The zero-order chi connectivity index (χ0) is 26.8. The summed E-state index contributed by atoms with van der Waals surface area (Å²) in [6.45, 7) is 19.0. The summed E-state index contributed by atoms with van der Waals surface area (Å²) in [5, 5.41) is 8.50. The number of aromatic nitrogens is 3. The van der Waals surface area contributed by atoms with Crippen LogP contribution in [0, 0.1) is 13.8 Å². The number of hydrogen-bond donors (Lipinski definition) is 2. The Balaban J connectivity index is 1.40. The van der Waals surface area contributed by atoms with Crippen LogP contribution in [0.4, 0.5) is 5.82 Å². The lowest BCUT2D eigenvalue weighted by Gasteiger charge is -2.38. The van der Waals surface area contributed by atoms with E-state index < -0.39 is 0 Å². The Morgan fingerprint density at radius 3 is 2.71 bits per heavy atom. The Kier molecular flexibility index (Phi) is 7.75. The predicted molar refractivity (Wildman–Crippen MR) is 157 cm³/mol. The van der Waals surface area contributed by atoms with Gasteiger partial charge >= 0.3 is 0 Å². The third kappa shape index (κ3) is 5.44. The topological polar surface area (TPSA) is 74.7 Å². The van der Waals surface area contributed by atoms with Crippen molar-refractivity contribution in [3.8, 4) is 0 Å². The van der Waals surface area contributed by atoms with E-state index >= 15 is 0 Å². The number of nitrogens with zero attached hydrogens (tertiary/aromatic N) is 5. The summed E-state index contributed by atoms with van der Waals surface area (Å²) >= 11 is 0. The molecule has 5 rings (SSSR count). The lowest BCUT2D eigenvalue weighted by molar-refractivity contribution is 0.226. The molecule has 38 heavy (non-hydrogen) atoms. The van der Waals surface area contributed by atoms with Crippen LogP contribution < -0.4 is 16.0 Å². The van der Waals surface area contributed by atoms with Gasteiger partial charge in [-0.2, -0.15) is 5.10 Å². The van der Waals surface area contributed by atoms with Crippen molar-refractivity contribution in [2.45, 2.75) is 71.4 Å². The van der Waals surface area contributed by atoms with E-state index in [1.54, 1.807) is 0 Å². The van der Waals surface area contributed by atoms with Crippen molar-refractivity contribution in [3.63, 3.8) is 0 Å². The smallest absolute Gasteiger partial charge is 0.157 e. The molecule has 2 aliphatic rings. The van der Waals surface area contributed by atoms with Gasteiger partial charge in [-0.05, 0) is 64.0 Å². The van der Waals surface area contributed by atoms with Crippen LogP contribution in [0.2, 0.25) is 0 Å². The largest absolute Gasteiger partial charge is 0.389 e. The number of anilines is 1. The lowest BCUT2D eigenvalue weighted by Crippen LogP contribution is -2.56. The first-order valence-electron chi connectivity index (χ1n) is 14.2. The number of piperidine rings is 1. The first-order chi connectivity index (χ1) is 18.3. The molecule has 3 N–H and O–H groups in total. The molecule has 1 atom stereocenters. The Bertz CT molecular complexity index is 1320. The van der Waals surface area contributed by atoms with E-state index in [2.05, 4.69) is 79.4 Å². The summed E-state index contributed by atoms with van der Waals surface area (Å²) < 4.78 is 1.99. The molecular formula is C31H43N7. The van der Waals surface area contributed by atoms with Gasteiger partial charge in [0.25, 0.3) is 0 Å². The molecule has 202 valence electrons. The highest BCUT2D eigenvalue weighted by Gasteiger charge is 2.30. The number of likely N-dealkylation sites (tertiary alicyclic amines) is 1. The van der Waals surface area contributed by atoms with Gasteiger partial charge in [0.05, 0.1) is 11.7 Å². The maximum absolute atomic E-state index is 6.01. The Hall–Kier alpha value is -3.32. The maximum Gasteiger partial charge on any atom is 0.157 e. The number of nitrogens with one attached hydrogen (secondary N) is 1. The molecule has 0 spiro atoms. The van der Waals surface area contributed by atoms with E-state index in [4.69, 9.17) is 15.8 Å². The average molecular weight is 514 g/mol. The molecule has 2 saturated heterocycles. The minimum atomic E-state index is 0.188. The van der Waals surface area contributed by atoms with Crippen LogP contribution in [0.15, 0.2) is 49.2 Å². The van der Waals surface area contributed by atoms with E-state index in [0.717, 1.165) is 86.1 Å². The van der Waals surface area contributed by atoms with Crippen LogP contribution in [0.25, 0.3) is 11.3 Å². The van der Waals surface area contributed by atoms with E-state index in [1.807, 2.05) is 4.52 Å². The predicted octanol–water partition coefficient (Wildman–Crippen LogP) is 5.14. The lowest BCUT2D eigenvalue weighted by atomic mass is 9.93. The fraction of sp³-hybridized carbons (Fsp3) is 0.484. The Morgan fingerprint density at radius 2 is 1.95 bits per heavy atom. The third-order valence-electron chi connectivity index (χ3n) is 7.93. The standard InChI is InChI=1S/C31H43N7/c1-6-14-33-22(3)11-13-25-12-10-21(2)16-27(25)24(5)37-15-8-7-9-29(37)28-18-31-34-30(36-19-26(32)20-36)17-23(4)38(31)35-28/h10,12,16-18,26,29,33H,3,5-9,11,13-15,19-20,32H2,1-2,4H3. The van der Waals surface area contributed by atoms with Gasteiger partial charge in [-0.25, -0.2) is 9.50 Å². The Labute approximate surface area is 227 Å². The van der Waals surface area contributed by atoms with Gasteiger partial charge in [0.1, 0.15) is 5.82 Å². The normalized spacial score (nSPS) is 18.1. The van der Waals surface area contributed by atoms with Crippen molar-refractivity contribution >= 4 is 17.2 Å². The van der Waals surface area contributed by atoms with Crippen molar-refractivity contribution in [2.24, 2.45) is 5.73 Å². The van der Waals surface area contributed by atoms with E-state index in [0.29, 0.717) is 0 Å². The molecule has 0 aliphatic carbocycles. The quantitative estimate of drug-likeness (QED) is 0.391. The van der Waals surface area contributed by atoms with E-state index in [1.165, 1.54) is 29.5 Å². The van der Waals surface area contributed by atoms with Crippen molar-refractivity contribution in [3.05, 3.63) is 77.3 Å². The van der Waals surface area contributed by atoms with Gasteiger partial charge in [-0.1, -0.05) is 37.8 Å². The molecule has 7 nitrogen and oxygen atoms in total. The second-order valence-corrected chi connectivity index (χ2v) is 11.1. The number of benzene rings is 1. The summed E-state index contributed by atoms with van der Waals surface area (Å²) in [7, 11) is 0. The third-order valence-corrected chi connectivity index (χ3v) is 7.93. The summed E-state index contributed by atoms with van der Waals surface area (Å²) in [6.07, 6.45) is 6.40. The van der Waals surface area contributed by atoms with E-state index in [-0.39, 0.29) is 12.1 Å². The van der Waals surface area contributed by atoms with Crippen molar-refractivity contribution in [1.82, 2.24) is 24.8 Å². The fourth-order valence-corrected chi connectivity index (χ4v) is 5.72. The molecular weight excluding hydrogens is 470 g/mol. The number of rotatable bonds is 10. The number of nitrogens with two attached hydrogens (primary N) is 1. The molecule has 7 heteroatoms. The molecule has 1 unspecified atom stereocenters. The summed E-state index contributed by atoms with van der Waals surface area (Å²) in [5.41, 5.74) is 15.1. The molecule has 1 aromatic carbocycles. The molecule has 2 aliphatic heterocycles. The van der Waals surface area contributed by atoms with Gasteiger partial charge in [-0.15, -0.1) is 0 Å². The van der Waals surface area contributed by atoms with Crippen LogP contribution in [0.5, 0.6) is 0 Å². The van der Waals surface area contributed by atoms with Gasteiger partial charge in [0.15, 0.2) is 5.65 Å². The number of hydrogen-bond acceptors (Lipinski definition) is 6. The van der Waals surface area contributed by atoms with Gasteiger partial charge in [0.2, 0.25) is 0 Å². The highest BCUT2D eigenvalue weighted by atomic mass is 15.3. The summed E-state index contributed by atoms with van der Waals surface area (Å²) in [4.78, 5) is 9.66. The van der Waals surface area contributed by atoms with Crippen LogP contribution in [-0.2, 0) is 6.42 Å². The number of allylic oxidation sites excluding steroid dienone is 1. The molecule has 0 bridgehead atoms. The first kappa shape index (κ1) is 26.3. The molecule has 3 aromatic rings. The van der Waals surface area contributed by atoms with Crippen LogP contribution >= 0.6 is 0 Å². The Morgan fingerprint density at radius 1 is 1.13 bits per heavy atom. The minimum absolute atomic E-state index is 0.188. The minimum Gasteiger partial charge on any atom is -0.389 e. The molecule has 2 fully saturated rings. The zero-order valence-electron chi connectivity index (χ0n) is 23.3. The fourth-order valence-electron chi connectivity index (χ4n) is 5.72. The summed E-state index contributed by atoms with van der Waals surface area (Å²) in [5.74, 6) is 0.993. The van der Waals surface area contributed by atoms with Crippen molar-refractivity contribution in [1.29, 1.82) is 0 Å². The second kappa shape index (κ2) is 11.2. The molecule has 2 aromatic heterocycles. The average Bonchev–Trinajstić information content (AvgIpc) is 3.33. The van der Waals surface area contributed by atoms with Crippen molar-refractivity contribution < 1.29 is 0 Å². The SMILES string of the molecule is C=C(CCc1ccc(C)cc1C(=C)N1CCCCC1c1cc2nc(N3CC(N)C3)cc(C)n2n1)NCCC. The highest BCUT2D eigenvalue weighted by molar-refractivity contribution is 5.66. The van der Waals surface area contributed by atoms with Gasteiger partial charge in [0, 0.05) is 67.0 Å². The monoisotopic (exact) mass is 513 g/mol. The van der Waals surface area contributed by atoms with E-state index in [9.17, 15) is 0 Å². The van der Waals surface area contributed by atoms with Crippen LogP contribution in [0.3, 0.4) is 0 Å². The molecule has 0 amide bonds. The van der Waals surface area contributed by atoms with Crippen LogP contribution in [-0.4, -0.2) is 51.7 Å². The molecule has 0 saturated carbocycles. The van der Waals surface area contributed by atoms with Gasteiger partial charge < -0.3 is 20.9 Å². The molecule has 4 heterocycles. The maximum atomic E-state index is 6.01. The highest BCUT2D eigenvalue weighted by Crippen LogP contribution is 2.38. The van der Waals surface area contributed by atoms with Crippen molar-refractivity contribution in [2.75, 3.05) is 31.1 Å². The first-order valence-corrected chi connectivity index (χ1v) is 14.2. The number of fused-ring (bicyclic) bond motifs is 1. The van der Waals surface area contributed by atoms with Gasteiger partial charge in [-0.3, -0.25) is 0 Å². The second-order valence-electron chi connectivity index (χ2n) is 11.1. The van der Waals surface area contributed by atoms with Crippen LogP contribution in [0.1, 0.15) is 73.1 Å². The summed E-state index contributed by atoms with van der Waals surface area (Å²) in [6, 6.07) is 11.5. The zero-order valence-corrected chi connectivity index (χ0v) is 23.3. The number of aryl methyl sites for hydroxylation is 3. The molecule has 0 radical (unpaired) electrons.